The molecule has 2 aromatic rings. The molecule has 0 spiro atoms. The second-order valence-corrected chi connectivity index (χ2v) is 5.88. The summed E-state index contributed by atoms with van der Waals surface area (Å²) in [6, 6.07) is 1.40. The molecule has 0 fully saturated rings. The molecule has 0 radical (unpaired) electrons. The molecular weight excluding hydrogens is 337 g/mol. The van der Waals surface area contributed by atoms with E-state index in [0.717, 1.165) is 23.3 Å². The lowest BCUT2D eigenvalue weighted by Crippen LogP contribution is -2.26. The summed E-state index contributed by atoms with van der Waals surface area (Å²) in [4.78, 5) is 5.89. The molecule has 1 unspecified atom stereocenters. The molecule has 0 aromatic carbocycles. The van der Waals surface area contributed by atoms with Crippen molar-refractivity contribution in [3.05, 3.63) is 46.2 Å². The molecule has 0 saturated heterocycles. The average Bonchev–Trinajstić information content (AvgIpc) is 2.81. The Balaban J connectivity index is 2.38. The van der Waals surface area contributed by atoms with E-state index in [1.54, 1.807) is 25.5 Å². The Morgan fingerprint density at radius 1 is 1.43 bits per heavy atom. The van der Waals surface area contributed by atoms with Crippen molar-refractivity contribution >= 4 is 15.9 Å². The van der Waals surface area contributed by atoms with E-state index >= 15 is 0 Å². The molecule has 2 aromatic heterocycles. The van der Waals surface area contributed by atoms with E-state index < -0.39 is 0 Å². The van der Waals surface area contributed by atoms with Gasteiger partial charge in [-0.1, -0.05) is 0 Å². The van der Waals surface area contributed by atoms with Gasteiger partial charge in [0, 0.05) is 18.3 Å². The van der Waals surface area contributed by atoms with Crippen LogP contribution in [0, 0.1) is 5.82 Å². The lowest BCUT2D eigenvalue weighted by atomic mass is 10.0. The van der Waals surface area contributed by atoms with E-state index in [1.165, 1.54) is 6.20 Å². The number of aromatic nitrogens is 3. The first kappa shape index (κ1) is 16.1. The minimum atomic E-state index is -0.330. The van der Waals surface area contributed by atoms with Crippen molar-refractivity contribution in [2.75, 3.05) is 27.7 Å². The van der Waals surface area contributed by atoms with Crippen LogP contribution in [0.2, 0.25) is 0 Å². The smallest absolute Gasteiger partial charge is 0.146 e. The molecule has 0 aliphatic carbocycles. The van der Waals surface area contributed by atoms with Crippen molar-refractivity contribution in [3.63, 3.8) is 0 Å². The maximum Gasteiger partial charge on any atom is 0.146 e. The summed E-state index contributed by atoms with van der Waals surface area (Å²) >= 11 is 3.51. The average molecular weight is 356 g/mol. The molecule has 2 rings (SSSR count). The van der Waals surface area contributed by atoms with Gasteiger partial charge in [0.25, 0.3) is 0 Å². The summed E-state index contributed by atoms with van der Waals surface area (Å²) in [7, 11) is 5.83. The molecule has 0 aliphatic heterocycles. The van der Waals surface area contributed by atoms with Crippen molar-refractivity contribution < 1.29 is 4.39 Å². The van der Waals surface area contributed by atoms with Crippen LogP contribution in [0.3, 0.4) is 0 Å². The second kappa shape index (κ2) is 7.11. The predicted molar refractivity (Wildman–Crippen MR) is 83.6 cm³/mol. The molecule has 114 valence electrons. The monoisotopic (exact) mass is 355 g/mol. The zero-order valence-electron chi connectivity index (χ0n) is 12.3. The number of rotatable bonds is 6. The van der Waals surface area contributed by atoms with Crippen molar-refractivity contribution in [1.82, 2.24) is 25.0 Å². The lowest BCUT2D eigenvalue weighted by Gasteiger charge is -2.20. The maximum absolute atomic E-state index is 14.0. The highest BCUT2D eigenvalue weighted by molar-refractivity contribution is 9.10. The quantitative estimate of drug-likeness (QED) is 0.861. The predicted octanol–water partition coefficient (Wildman–Crippen LogP) is 2.05. The molecule has 0 bridgehead atoms. The summed E-state index contributed by atoms with van der Waals surface area (Å²) in [5.74, 6) is -0.330. The summed E-state index contributed by atoms with van der Waals surface area (Å²) in [6.45, 7) is 1.59. The van der Waals surface area contributed by atoms with Gasteiger partial charge in [-0.25, -0.2) is 4.39 Å². The number of hydrogen-bond donors (Lipinski definition) is 1. The first-order valence-electron chi connectivity index (χ1n) is 6.67. The first-order valence-corrected chi connectivity index (χ1v) is 7.46. The van der Waals surface area contributed by atoms with Gasteiger partial charge in [-0.15, -0.1) is 0 Å². The van der Waals surface area contributed by atoms with Gasteiger partial charge < -0.3 is 10.2 Å². The van der Waals surface area contributed by atoms with Crippen LogP contribution in [0.1, 0.15) is 17.3 Å². The van der Waals surface area contributed by atoms with E-state index in [-0.39, 0.29) is 11.9 Å². The highest BCUT2D eigenvalue weighted by Crippen LogP contribution is 2.29. The lowest BCUT2D eigenvalue weighted by molar-refractivity contribution is 0.365. The summed E-state index contributed by atoms with van der Waals surface area (Å²) < 4.78 is 16.8. The fraction of sp³-hybridized carbons (Fsp3) is 0.429. The number of likely N-dealkylation sites (N-methyl/N-ethyl adjacent to an activating group) is 1. The third-order valence-corrected chi connectivity index (χ3v) is 3.88. The molecular formula is C14H19BrFN5. The topological polar surface area (TPSA) is 46.0 Å². The van der Waals surface area contributed by atoms with Gasteiger partial charge in [-0.3, -0.25) is 9.67 Å². The van der Waals surface area contributed by atoms with Gasteiger partial charge in [0.2, 0.25) is 0 Å². The summed E-state index contributed by atoms with van der Waals surface area (Å²) in [5, 5.41) is 7.53. The molecule has 1 atom stereocenters. The largest absolute Gasteiger partial charge is 0.308 e. The van der Waals surface area contributed by atoms with Crippen LogP contribution in [0.15, 0.2) is 29.1 Å². The van der Waals surface area contributed by atoms with E-state index in [0.29, 0.717) is 5.56 Å². The van der Waals surface area contributed by atoms with Gasteiger partial charge in [-0.05, 0) is 43.1 Å². The Bertz CT molecular complexity index is 599. The molecule has 2 heterocycles. The van der Waals surface area contributed by atoms with E-state index in [1.807, 2.05) is 18.8 Å². The van der Waals surface area contributed by atoms with E-state index in [2.05, 4.69) is 36.2 Å². The minimum absolute atomic E-state index is 0.285. The number of pyridine rings is 1. The van der Waals surface area contributed by atoms with Crippen LogP contribution in [-0.4, -0.2) is 47.4 Å². The minimum Gasteiger partial charge on any atom is -0.308 e. The fourth-order valence-corrected chi connectivity index (χ4v) is 2.72. The number of nitrogens with zero attached hydrogens (tertiary/aromatic N) is 4. The van der Waals surface area contributed by atoms with Crippen LogP contribution in [0.4, 0.5) is 4.39 Å². The molecule has 21 heavy (non-hydrogen) atoms. The summed E-state index contributed by atoms with van der Waals surface area (Å²) in [5.41, 5.74) is 1.46. The highest BCUT2D eigenvalue weighted by atomic mass is 79.9. The molecule has 0 amide bonds. The molecule has 0 saturated carbocycles. The van der Waals surface area contributed by atoms with E-state index in [4.69, 9.17) is 0 Å². The number of halogens is 2. The van der Waals surface area contributed by atoms with Crippen LogP contribution in [-0.2, 0) is 6.54 Å². The van der Waals surface area contributed by atoms with Gasteiger partial charge in [0.05, 0.1) is 35.1 Å². The first-order chi connectivity index (χ1) is 10.0. The standard InChI is InChI=1S/C14H19BrFN5/c1-17-13(10-4-5-18-9-12(10)16)14-11(15)8-19-21(14)7-6-20(2)3/h4-5,8-9,13,17H,6-7H2,1-3H3. The van der Waals surface area contributed by atoms with E-state index in [9.17, 15) is 4.39 Å². The normalized spacial score (nSPS) is 12.9. The highest BCUT2D eigenvalue weighted by Gasteiger charge is 2.23. The molecule has 7 heteroatoms. The third-order valence-electron chi connectivity index (χ3n) is 3.27. The fourth-order valence-electron chi connectivity index (χ4n) is 2.19. The number of nitrogens with one attached hydrogen (secondary N) is 1. The SMILES string of the molecule is CNC(c1ccncc1F)c1c(Br)cnn1CCN(C)C. The zero-order chi connectivity index (χ0) is 15.4. The van der Waals surface area contributed by atoms with Gasteiger partial charge in [0.15, 0.2) is 0 Å². The van der Waals surface area contributed by atoms with Crippen molar-refractivity contribution in [2.45, 2.75) is 12.6 Å². The zero-order valence-corrected chi connectivity index (χ0v) is 13.9. The van der Waals surface area contributed by atoms with Gasteiger partial charge in [-0.2, -0.15) is 5.10 Å². The van der Waals surface area contributed by atoms with Crippen molar-refractivity contribution in [2.24, 2.45) is 0 Å². The Labute approximate surface area is 132 Å². The Hall–Kier alpha value is -1.31. The Morgan fingerprint density at radius 2 is 2.19 bits per heavy atom. The maximum atomic E-state index is 14.0. The van der Waals surface area contributed by atoms with Gasteiger partial charge in [0.1, 0.15) is 5.82 Å². The third kappa shape index (κ3) is 3.66. The van der Waals surface area contributed by atoms with Crippen LogP contribution < -0.4 is 5.32 Å². The Kier molecular flexibility index (Phi) is 5.44. The second-order valence-electron chi connectivity index (χ2n) is 5.02. The molecule has 1 N–H and O–H groups in total. The van der Waals surface area contributed by atoms with Gasteiger partial charge >= 0.3 is 0 Å². The summed E-state index contributed by atoms with van der Waals surface area (Å²) in [6.07, 6.45) is 4.57. The van der Waals surface area contributed by atoms with Crippen molar-refractivity contribution in [1.29, 1.82) is 0 Å². The Morgan fingerprint density at radius 3 is 2.81 bits per heavy atom. The molecule has 5 nitrogen and oxygen atoms in total. The van der Waals surface area contributed by atoms with Crippen LogP contribution in [0.5, 0.6) is 0 Å². The van der Waals surface area contributed by atoms with Crippen molar-refractivity contribution in [3.8, 4) is 0 Å². The van der Waals surface area contributed by atoms with Crippen LogP contribution in [0.25, 0.3) is 0 Å². The number of hydrogen-bond acceptors (Lipinski definition) is 4. The van der Waals surface area contributed by atoms with Crippen LogP contribution >= 0.6 is 15.9 Å². The molecule has 0 aliphatic rings.